The minimum atomic E-state index is -0.481. The van der Waals surface area contributed by atoms with Crippen molar-refractivity contribution in [1.29, 1.82) is 0 Å². The Labute approximate surface area is 137 Å². The molecule has 3 aromatic rings. The Kier molecular flexibility index (Phi) is 4.60. The highest BCUT2D eigenvalue weighted by Crippen LogP contribution is 2.27. The SMILES string of the molecule is OCc1nc(-c2ccc(OCc3ccccc3)cc2F)[nH]c1Cl. The molecule has 0 aliphatic rings. The van der Waals surface area contributed by atoms with E-state index >= 15 is 0 Å². The van der Waals surface area contributed by atoms with Crippen LogP contribution in [0.1, 0.15) is 11.3 Å². The summed E-state index contributed by atoms with van der Waals surface area (Å²) in [7, 11) is 0. The van der Waals surface area contributed by atoms with Gasteiger partial charge in [-0.2, -0.15) is 0 Å². The molecule has 0 spiro atoms. The molecule has 3 rings (SSSR count). The second-order valence-electron chi connectivity index (χ2n) is 4.92. The highest BCUT2D eigenvalue weighted by molar-refractivity contribution is 6.30. The average Bonchev–Trinajstić information content (AvgIpc) is 2.94. The summed E-state index contributed by atoms with van der Waals surface area (Å²) in [5, 5.41) is 9.29. The Morgan fingerprint density at radius 3 is 2.61 bits per heavy atom. The standard InChI is InChI=1S/C17H14ClFN2O2/c18-16-15(9-22)20-17(21-16)13-7-6-12(8-14(13)19)23-10-11-4-2-1-3-5-11/h1-8,22H,9-10H2,(H,20,21). The fourth-order valence-corrected chi connectivity index (χ4v) is 2.33. The van der Waals surface area contributed by atoms with Crippen LogP contribution in [0, 0.1) is 5.82 Å². The number of aromatic amines is 1. The van der Waals surface area contributed by atoms with Gasteiger partial charge in [0.15, 0.2) is 0 Å². The molecule has 6 heteroatoms. The third-order valence-corrected chi connectivity index (χ3v) is 3.63. The van der Waals surface area contributed by atoms with Crippen molar-refractivity contribution >= 4 is 11.6 Å². The molecule has 1 aromatic heterocycles. The van der Waals surface area contributed by atoms with Gasteiger partial charge in [0.05, 0.1) is 12.2 Å². The summed E-state index contributed by atoms with van der Waals surface area (Å²) in [4.78, 5) is 6.81. The van der Waals surface area contributed by atoms with Crippen LogP contribution in [0.2, 0.25) is 5.15 Å². The number of nitrogens with zero attached hydrogens (tertiary/aromatic N) is 1. The number of aliphatic hydroxyl groups is 1. The van der Waals surface area contributed by atoms with Crippen LogP contribution in [-0.2, 0) is 13.2 Å². The molecule has 0 atom stereocenters. The van der Waals surface area contributed by atoms with Crippen molar-refractivity contribution in [2.75, 3.05) is 0 Å². The molecule has 0 aliphatic carbocycles. The topological polar surface area (TPSA) is 58.1 Å². The zero-order valence-corrected chi connectivity index (χ0v) is 12.8. The van der Waals surface area contributed by atoms with Crippen molar-refractivity contribution in [2.45, 2.75) is 13.2 Å². The van der Waals surface area contributed by atoms with Crippen molar-refractivity contribution in [2.24, 2.45) is 0 Å². The molecule has 0 saturated carbocycles. The molecule has 0 aliphatic heterocycles. The molecule has 2 N–H and O–H groups in total. The summed E-state index contributed by atoms with van der Waals surface area (Å²) in [6, 6.07) is 14.2. The lowest BCUT2D eigenvalue weighted by atomic mass is 10.2. The molecule has 0 amide bonds. The Hall–Kier alpha value is -2.37. The third kappa shape index (κ3) is 3.52. The first kappa shape index (κ1) is 15.5. The van der Waals surface area contributed by atoms with Crippen LogP contribution in [0.15, 0.2) is 48.5 Å². The summed E-state index contributed by atoms with van der Waals surface area (Å²) in [5.74, 6) is 0.215. The molecule has 0 saturated heterocycles. The second kappa shape index (κ2) is 6.81. The van der Waals surface area contributed by atoms with Crippen molar-refractivity contribution in [1.82, 2.24) is 9.97 Å². The van der Waals surface area contributed by atoms with E-state index in [1.165, 1.54) is 6.07 Å². The van der Waals surface area contributed by atoms with Crippen LogP contribution < -0.4 is 4.74 Å². The molecule has 1 heterocycles. The van der Waals surface area contributed by atoms with Gasteiger partial charge in [-0.05, 0) is 17.7 Å². The maximum Gasteiger partial charge on any atom is 0.141 e. The highest BCUT2D eigenvalue weighted by atomic mass is 35.5. The number of nitrogens with one attached hydrogen (secondary N) is 1. The number of halogens is 2. The van der Waals surface area contributed by atoms with E-state index in [0.717, 1.165) is 5.56 Å². The molecule has 0 unspecified atom stereocenters. The minimum absolute atomic E-state index is 0.200. The molecular formula is C17H14ClFN2O2. The molecule has 0 bridgehead atoms. The zero-order chi connectivity index (χ0) is 16.2. The number of aromatic nitrogens is 2. The number of imidazole rings is 1. The third-order valence-electron chi connectivity index (χ3n) is 3.32. The second-order valence-corrected chi connectivity index (χ2v) is 5.30. The zero-order valence-electron chi connectivity index (χ0n) is 12.1. The van der Waals surface area contributed by atoms with E-state index in [9.17, 15) is 4.39 Å². The molecular weight excluding hydrogens is 319 g/mol. The lowest BCUT2D eigenvalue weighted by Crippen LogP contribution is -1.96. The largest absolute Gasteiger partial charge is 0.489 e. The number of H-pyrrole nitrogens is 1. The average molecular weight is 333 g/mol. The summed E-state index contributed by atoms with van der Waals surface area (Å²) in [5.41, 5.74) is 1.55. The summed E-state index contributed by atoms with van der Waals surface area (Å²) in [6.07, 6.45) is 0. The van der Waals surface area contributed by atoms with E-state index in [0.29, 0.717) is 12.4 Å². The summed E-state index contributed by atoms with van der Waals surface area (Å²) < 4.78 is 19.8. The molecule has 4 nitrogen and oxygen atoms in total. The quantitative estimate of drug-likeness (QED) is 0.744. The Balaban J connectivity index is 1.77. The normalized spacial score (nSPS) is 10.7. The van der Waals surface area contributed by atoms with E-state index in [2.05, 4.69) is 9.97 Å². The fraction of sp³-hybridized carbons (Fsp3) is 0.118. The first-order chi connectivity index (χ1) is 11.2. The maximum atomic E-state index is 14.3. The predicted octanol–water partition coefficient (Wildman–Crippen LogP) is 3.94. The van der Waals surface area contributed by atoms with Gasteiger partial charge in [0.25, 0.3) is 0 Å². The molecule has 0 radical (unpaired) electrons. The van der Waals surface area contributed by atoms with Crippen LogP contribution in [0.5, 0.6) is 5.75 Å². The molecule has 2 aromatic carbocycles. The number of aliphatic hydroxyl groups excluding tert-OH is 1. The first-order valence-corrected chi connectivity index (χ1v) is 7.37. The van der Waals surface area contributed by atoms with Crippen molar-refractivity contribution in [3.8, 4) is 17.1 Å². The van der Waals surface area contributed by atoms with E-state index in [-0.39, 0.29) is 28.8 Å². The number of hydrogen-bond donors (Lipinski definition) is 2. The first-order valence-electron chi connectivity index (χ1n) is 6.99. The van der Waals surface area contributed by atoms with Gasteiger partial charge in [-0.1, -0.05) is 41.9 Å². The number of hydrogen-bond acceptors (Lipinski definition) is 3. The molecule has 118 valence electrons. The smallest absolute Gasteiger partial charge is 0.141 e. The van der Waals surface area contributed by atoms with Crippen LogP contribution in [0.4, 0.5) is 4.39 Å². The Morgan fingerprint density at radius 2 is 1.96 bits per heavy atom. The van der Waals surface area contributed by atoms with Gasteiger partial charge in [0.2, 0.25) is 0 Å². The van der Waals surface area contributed by atoms with Gasteiger partial charge >= 0.3 is 0 Å². The Morgan fingerprint density at radius 1 is 1.17 bits per heavy atom. The van der Waals surface area contributed by atoms with Gasteiger partial charge in [-0.3, -0.25) is 0 Å². The van der Waals surface area contributed by atoms with Gasteiger partial charge < -0.3 is 14.8 Å². The summed E-state index contributed by atoms with van der Waals surface area (Å²) >= 11 is 5.87. The van der Waals surface area contributed by atoms with Gasteiger partial charge in [-0.15, -0.1) is 0 Å². The van der Waals surface area contributed by atoms with Crippen LogP contribution in [0.25, 0.3) is 11.4 Å². The van der Waals surface area contributed by atoms with E-state index < -0.39 is 5.82 Å². The lowest BCUT2D eigenvalue weighted by Gasteiger charge is -2.07. The van der Waals surface area contributed by atoms with E-state index in [1.54, 1.807) is 12.1 Å². The number of rotatable bonds is 5. The monoisotopic (exact) mass is 332 g/mol. The van der Waals surface area contributed by atoms with Gasteiger partial charge in [0, 0.05) is 6.07 Å². The molecule has 23 heavy (non-hydrogen) atoms. The van der Waals surface area contributed by atoms with Gasteiger partial charge in [-0.25, -0.2) is 9.37 Å². The fourth-order valence-electron chi connectivity index (χ4n) is 2.14. The number of benzene rings is 2. The van der Waals surface area contributed by atoms with E-state index in [1.807, 2.05) is 30.3 Å². The summed E-state index contributed by atoms with van der Waals surface area (Å²) in [6.45, 7) is 0.0517. The minimum Gasteiger partial charge on any atom is -0.489 e. The Bertz CT molecular complexity index is 806. The van der Waals surface area contributed by atoms with Gasteiger partial charge in [0.1, 0.15) is 34.8 Å². The number of ether oxygens (including phenoxy) is 1. The van der Waals surface area contributed by atoms with E-state index in [4.69, 9.17) is 21.4 Å². The maximum absolute atomic E-state index is 14.3. The highest BCUT2D eigenvalue weighted by Gasteiger charge is 2.13. The molecule has 0 fully saturated rings. The van der Waals surface area contributed by atoms with Crippen molar-refractivity contribution in [3.05, 3.63) is 70.8 Å². The van der Waals surface area contributed by atoms with Crippen LogP contribution in [-0.4, -0.2) is 15.1 Å². The predicted molar refractivity (Wildman–Crippen MR) is 85.7 cm³/mol. The van der Waals surface area contributed by atoms with Crippen LogP contribution >= 0.6 is 11.6 Å². The van der Waals surface area contributed by atoms with Crippen molar-refractivity contribution < 1.29 is 14.2 Å². The van der Waals surface area contributed by atoms with Crippen molar-refractivity contribution in [3.63, 3.8) is 0 Å². The van der Waals surface area contributed by atoms with Crippen LogP contribution in [0.3, 0.4) is 0 Å². The lowest BCUT2D eigenvalue weighted by molar-refractivity contribution is 0.277.